The number of amides is 2. The number of carbonyl (C=O) groups excluding carboxylic acids is 2. The van der Waals surface area contributed by atoms with E-state index in [0.29, 0.717) is 16.8 Å². The van der Waals surface area contributed by atoms with Gasteiger partial charge in [0.15, 0.2) is 0 Å². The van der Waals surface area contributed by atoms with Gasteiger partial charge in [-0.05, 0) is 19.4 Å². The van der Waals surface area contributed by atoms with E-state index in [9.17, 15) is 14.4 Å². The van der Waals surface area contributed by atoms with Gasteiger partial charge in [0.05, 0.1) is 5.56 Å². The summed E-state index contributed by atoms with van der Waals surface area (Å²) in [6.07, 6.45) is 0.201. The van der Waals surface area contributed by atoms with Gasteiger partial charge in [0.25, 0.3) is 5.91 Å². The summed E-state index contributed by atoms with van der Waals surface area (Å²) in [4.78, 5) is 38.5. The number of aromatic nitrogens is 1. The van der Waals surface area contributed by atoms with Gasteiger partial charge in [-0.3, -0.25) is 9.59 Å². The molecule has 1 rings (SSSR count). The molecule has 1 aromatic heterocycles. The molecule has 0 fully saturated rings. The number of carbonyl (C=O) groups is 3. The third-order valence-electron chi connectivity index (χ3n) is 3.00. The van der Waals surface area contributed by atoms with Crippen molar-refractivity contribution < 1.29 is 19.5 Å². The van der Waals surface area contributed by atoms with Crippen molar-refractivity contribution in [2.45, 2.75) is 20.3 Å². The lowest BCUT2D eigenvalue weighted by Crippen LogP contribution is -2.30. The first kappa shape index (κ1) is 15.7. The van der Waals surface area contributed by atoms with Crippen LogP contribution in [0.25, 0.3) is 0 Å². The molecule has 0 unspecified atom stereocenters. The number of carboxylic acids is 1. The molecular formula is C13H19N3O4. The molecule has 0 aromatic carbocycles. The van der Waals surface area contributed by atoms with Gasteiger partial charge in [-0.15, -0.1) is 0 Å². The molecule has 20 heavy (non-hydrogen) atoms. The highest BCUT2D eigenvalue weighted by Gasteiger charge is 2.21. The Morgan fingerprint density at radius 2 is 1.85 bits per heavy atom. The van der Waals surface area contributed by atoms with Gasteiger partial charge < -0.3 is 20.3 Å². The molecule has 3 N–H and O–H groups in total. The van der Waals surface area contributed by atoms with Gasteiger partial charge in [0.1, 0.15) is 5.69 Å². The molecule has 1 aromatic rings. The van der Waals surface area contributed by atoms with Crippen molar-refractivity contribution in [2.24, 2.45) is 0 Å². The van der Waals surface area contributed by atoms with Crippen LogP contribution in [0.5, 0.6) is 0 Å². The van der Waals surface area contributed by atoms with Gasteiger partial charge in [-0.25, -0.2) is 4.79 Å². The molecule has 1 heterocycles. The number of hydrogen-bond acceptors (Lipinski definition) is 3. The third-order valence-corrected chi connectivity index (χ3v) is 3.00. The summed E-state index contributed by atoms with van der Waals surface area (Å²) in [5, 5.41) is 11.6. The number of H-pyrrole nitrogens is 1. The number of nitrogens with one attached hydrogen (secondary N) is 2. The van der Waals surface area contributed by atoms with Crippen LogP contribution in [0.2, 0.25) is 0 Å². The standard InChI is InChI=1S/C13H19N3O4/c1-7-10(8(2)15-11(7)13(19)20)12(18)14-6-5-9(17)16(3)4/h15H,5-6H2,1-4H3,(H,14,18)(H,19,20). The first-order valence-electron chi connectivity index (χ1n) is 6.16. The van der Waals surface area contributed by atoms with E-state index in [4.69, 9.17) is 5.11 Å². The van der Waals surface area contributed by atoms with Crippen molar-refractivity contribution in [3.05, 3.63) is 22.5 Å². The van der Waals surface area contributed by atoms with Gasteiger partial charge in [-0.1, -0.05) is 0 Å². The topological polar surface area (TPSA) is 102 Å². The lowest BCUT2D eigenvalue weighted by molar-refractivity contribution is -0.128. The minimum Gasteiger partial charge on any atom is -0.477 e. The molecule has 0 saturated heterocycles. The van der Waals surface area contributed by atoms with Crippen molar-refractivity contribution >= 4 is 17.8 Å². The molecule has 7 heteroatoms. The molecule has 0 aliphatic rings. The minimum absolute atomic E-state index is 0.0111. The van der Waals surface area contributed by atoms with Crippen LogP contribution in [0.3, 0.4) is 0 Å². The Bertz CT molecular complexity index is 546. The molecule has 0 aliphatic carbocycles. The van der Waals surface area contributed by atoms with Crippen LogP contribution >= 0.6 is 0 Å². The quantitative estimate of drug-likeness (QED) is 0.732. The summed E-state index contributed by atoms with van der Waals surface area (Å²) in [7, 11) is 3.29. The van der Waals surface area contributed by atoms with Crippen molar-refractivity contribution in [2.75, 3.05) is 20.6 Å². The van der Waals surface area contributed by atoms with Crippen LogP contribution in [0.15, 0.2) is 0 Å². The fourth-order valence-electron chi connectivity index (χ4n) is 1.90. The second-order valence-electron chi connectivity index (χ2n) is 4.72. The van der Waals surface area contributed by atoms with Crippen LogP contribution in [0.4, 0.5) is 0 Å². The van der Waals surface area contributed by atoms with E-state index >= 15 is 0 Å². The fourth-order valence-corrected chi connectivity index (χ4v) is 1.90. The second-order valence-corrected chi connectivity index (χ2v) is 4.72. The van der Waals surface area contributed by atoms with Crippen molar-refractivity contribution in [3.63, 3.8) is 0 Å². The zero-order valence-electron chi connectivity index (χ0n) is 12.0. The lowest BCUT2D eigenvalue weighted by Gasteiger charge is -2.10. The first-order chi connectivity index (χ1) is 9.25. The third kappa shape index (κ3) is 3.37. The zero-order chi connectivity index (χ0) is 15.4. The van der Waals surface area contributed by atoms with E-state index in [-0.39, 0.29) is 30.5 Å². The van der Waals surface area contributed by atoms with Gasteiger partial charge >= 0.3 is 5.97 Å². The van der Waals surface area contributed by atoms with Crippen LogP contribution in [-0.2, 0) is 4.79 Å². The summed E-state index contributed by atoms with van der Waals surface area (Å²) in [6.45, 7) is 3.43. The summed E-state index contributed by atoms with van der Waals surface area (Å²) < 4.78 is 0. The highest BCUT2D eigenvalue weighted by molar-refractivity contribution is 6.00. The Labute approximate surface area is 117 Å². The highest BCUT2D eigenvalue weighted by Crippen LogP contribution is 2.17. The van der Waals surface area contributed by atoms with E-state index in [1.807, 2.05) is 0 Å². The number of carboxylic acid groups (broad SMARTS) is 1. The van der Waals surface area contributed by atoms with E-state index < -0.39 is 5.97 Å². The summed E-state index contributed by atoms with van der Waals surface area (Å²) in [5.41, 5.74) is 1.22. The van der Waals surface area contributed by atoms with Crippen molar-refractivity contribution in [3.8, 4) is 0 Å². The van der Waals surface area contributed by atoms with E-state index in [2.05, 4.69) is 10.3 Å². The van der Waals surface area contributed by atoms with Crippen LogP contribution < -0.4 is 5.32 Å². The number of rotatable bonds is 5. The maximum atomic E-state index is 12.0. The normalized spacial score (nSPS) is 10.2. The number of hydrogen-bond donors (Lipinski definition) is 3. The highest BCUT2D eigenvalue weighted by atomic mass is 16.4. The average molecular weight is 281 g/mol. The molecule has 0 aliphatic heterocycles. The number of nitrogens with zero attached hydrogens (tertiary/aromatic N) is 1. The van der Waals surface area contributed by atoms with E-state index in [1.54, 1.807) is 27.9 Å². The fraction of sp³-hybridized carbons (Fsp3) is 0.462. The van der Waals surface area contributed by atoms with Gasteiger partial charge in [0, 0.05) is 32.8 Å². The minimum atomic E-state index is -1.10. The SMILES string of the molecule is Cc1[nH]c(C(=O)O)c(C)c1C(=O)NCCC(=O)N(C)C. The number of aromatic carboxylic acids is 1. The maximum Gasteiger partial charge on any atom is 0.352 e. The first-order valence-corrected chi connectivity index (χ1v) is 6.16. The molecule has 0 radical (unpaired) electrons. The molecule has 0 spiro atoms. The molecule has 0 atom stereocenters. The summed E-state index contributed by atoms with van der Waals surface area (Å²) in [6, 6.07) is 0. The van der Waals surface area contributed by atoms with Gasteiger partial charge in [-0.2, -0.15) is 0 Å². The van der Waals surface area contributed by atoms with Crippen LogP contribution in [-0.4, -0.2) is 53.4 Å². The van der Waals surface area contributed by atoms with Crippen LogP contribution in [0, 0.1) is 13.8 Å². The molecule has 2 amide bonds. The largest absolute Gasteiger partial charge is 0.477 e. The van der Waals surface area contributed by atoms with Crippen molar-refractivity contribution in [1.29, 1.82) is 0 Å². The lowest BCUT2D eigenvalue weighted by atomic mass is 10.1. The monoisotopic (exact) mass is 281 g/mol. The zero-order valence-corrected chi connectivity index (χ0v) is 12.0. The Morgan fingerprint density at radius 1 is 1.25 bits per heavy atom. The van der Waals surface area contributed by atoms with Crippen molar-refractivity contribution in [1.82, 2.24) is 15.2 Å². The molecule has 0 saturated carbocycles. The Balaban J connectivity index is 2.74. The predicted octanol–water partition coefficient (Wildman–Crippen LogP) is 0.538. The summed E-state index contributed by atoms with van der Waals surface area (Å²) in [5.74, 6) is -1.57. The number of aromatic amines is 1. The Morgan fingerprint density at radius 3 is 2.30 bits per heavy atom. The Hall–Kier alpha value is -2.31. The Kier molecular flexibility index (Phi) is 4.90. The maximum absolute atomic E-state index is 12.0. The number of aryl methyl sites for hydroxylation is 1. The smallest absolute Gasteiger partial charge is 0.352 e. The molecular weight excluding hydrogens is 262 g/mol. The summed E-state index contributed by atoms with van der Waals surface area (Å²) >= 11 is 0. The molecule has 7 nitrogen and oxygen atoms in total. The van der Waals surface area contributed by atoms with E-state index in [0.717, 1.165) is 0 Å². The molecule has 0 bridgehead atoms. The predicted molar refractivity (Wildman–Crippen MR) is 72.9 cm³/mol. The van der Waals surface area contributed by atoms with Gasteiger partial charge in [0.2, 0.25) is 5.91 Å². The molecule has 110 valence electrons. The van der Waals surface area contributed by atoms with E-state index in [1.165, 1.54) is 4.90 Å². The van der Waals surface area contributed by atoms with Crippen LogP contribution in [0.1, 0.15) is 38.5 Å². The second kappa shape index (κ2) is 6.23. The average Bonchev–Trinajstić information content (AvgIpc) is 2.64.